The van der Waals surface area contributed by atoms with E-state index in [-0.39, 0.29) is 12.0 Å². The van der Waals surface area contributed by atoms with Crippen LogP contribution in [-0.4, -0.2) is 24.7 Å². The summed E-state index contributed by atoms with van der Waals surface area (Å²) in [4.78, 5) is 11.1. The van der Waals surface area contributed by atoms with Gasteiger partial charge in [0.15, 0.2) is 0 Å². The minimum atomic E-state index is -0.710. The number of carbonyl (C=O) groups is 1. The molecule has 1 saturated heterocycles. The summed E-state index contributed by atoms with van der Waals surface area (Å²) in [5.74, 6) is 0.355. The van der Waals surface area contributed by atoms with Gasteiger partial charge in [-0.2, -0.15) is 0 Å². The fourth-order valence-electron chi connectivity index (χ4n) is 3.06. The van der Waals surface area contributed by atoms with Gasteiger partial charge in [-0.05, 0) is 35.4 Å². The molecule has 1 fully saturated rings. The molecule has 2 rings (SSSR count). The highest BCUT2D eigenvalue weighted by atomic mass is 16.5. The molecule has 0 spiro atoms. The number of aliphatic carboxylic acids is 1. The van der Waals surface area contributed by atoms with Gasteiger partial charge in [0.1, 0.15) is 5.75 Å². The lowest BCUT2D eigenvalue weighted by atomic mass is 9.91. The number of carboxylic acids is 1. The van der Waals surface area contributed by atoms with Gasteiger partial charge in [-0.1, -0.05) is 32.9 Å². The lowest BCUT2D eigenvalue weighted by molar-refractivity contribution is -0.141. The monoisotopic (exact) mass is 291 g/mol. The van der Waals surface area contributed by atoms with Crippen LogP contribution >= 0.6 is 0 Å². The molecule has 0 radical (unpaired) electrons. The van der Waals surface area contributed by atoms with E-state index >= 15 is 0 Å². The minimum absolute atomic E-state index is 0.125. The summed E-state index contributed by atoms with van der Waals surface area (Å²) in [6.07, 6.45) is 1.56. The third-order valence-electron chi connectivity index (χ3n) is 4.31. The van der Waals surface area contributed by atoms with Crippen molar-refractivity contribution in [3.8, 4) is 5.75 Å². The van der Waals surface area contributed by atoms with Crippen molar-refractivity contribution >= 4 is 5.97 Å². The number of benzene rings is 1. The molecule has 1 aromatic carbocycles. The standard InChI is InChI=1S/C17H25NO3/c1-5-11-6-12(7-14(10(2)3)16(11)21-4)15-8-13(9-18-15)17(19)20/h6-7,10,13,15,18H,5,8-9H2,1-4H3,(H,19,20). The summed E-state index contributed by atoms with van der Waals surface area (Å²) >= 11 is 0. The van der Waals surface area contributed by atoms with E-state index in [1.54, 1.807) is 7.11 Å². The van der Waals surface area contributed by atoms with Gasteiger partial charge in [0.25, 0.3) is 0 Å². The third-order valence-corrected chi connectivity index (χ3v) is 4.31. The van der Waals surface area contributed by atoms with E-state index in [9.17, 15) is 4.79 Å². The lowest BCUT2D eigenvalue weighted by Gasteiger charge is -2.20. The molecule has 1 heterocycles. The molecule has 4 nitrogen and oxygen atoms in total. The normalized spacial score (nSPS) is 21.8. The fraction of sp³-hybridized carbons (Fsp3) is 0.588. The second-order valence-corrected chi connectivity index (χ2v) is 6.04. The van der Waals surface area contributed by atoms with Crippen molar-refractivity contribution in [1.29, 1.82) is 0 Å². The summed E-state index contributed by atoms with van der Waals surface area (Å²) in [6.45, 7) is 6.98. The number of ether oxygens (including phenoxy) is 1. The van der Waals surface area contributed by atoms with Crippen LogP contribution in [0.25, 0.3) is 0 Å². The van der Waals surface area contributed by atoms with Gasteiger partial charge in [0.05, 0.1) is 13.0 Å². The molecule has 2 unspecified atom stereocenters. The Morgan fingerprint density at radius 1 is 1.48 bits per heavy atom. The second-order valence-electron chi connectivity index (χ2n) is 6.04. The maximum Gasteiger partial charge on any atom is 0.307 e. The van der Waals surface area contributed by atoms with Crippen LogP contribution in [0.1, 0.15) is 55.8 Å². The molecule has 2 N–H and O–H groups in total. The van der Waals surface area contributed by atoms with Gasteiger partial charge in [0.2, 0.25) is 0 Å². The molecule has 0 aromatic heterocycles. The predicted octanol–water partition coefficient (Wildman–Crippen LogP) is 3.12. The highest BCUT2D eigenvalue weighted by Crippen LogP contribution is 2.36. The molecule has 1 aliphatic rings. The highest BCUT2D eigenvalue weighted by Gasteiger charge is 2.31. The first-order valence-electron chi connectivity index (χ1n) is 7.64. The van der Waals surface area contributed by atoms with Crippen LogP contribution in [0.3, 0.4) is 0 Å². The number of methoxy groups -OCH3 is 1. The molecule has 0 saturated carbocycles. The van der Waals surface area contributed by atoms with Crippen molar-refractivity contribution in [2.75, 3.05) is 13.7 Å². The van der Waals surface area contributed by atoms with Crippen molar-refractivity contribution < 1.29 is 14.6 Å². The van der Waals surface area contributed by atoms with Crippen molar-refractivity contribution in [1.82, 2.24) is 5.32 Å². The Bertz CT molecular complexity index is 525. The molecule has 4 heteroatoms. The Morgan fingerprint density at radius 2 is 2.19 bits per heavy atom. The van der Waals surface area contributed by atoms with Crippen LogP contribution in [0.4, 0.5) is 0 Å². The van der Waals surface area contributed by atoms with Crippen molar-refractivity contribution in [3.63, 3.8) is 0 Å². The third kappa shape index (κ3) is 3.21. The topological polar surface area (TPSA) is 58.6 Å². The summed E-state index contributed by atoms with van der Waals surface area (Å²) in [7, 11) is 1.72. The molecule has 2 atom stereocenters. The van der Waals surface area contributed by atoms with Gasteiger partial charge >= 0.3 is 5.97 Å². The van der Waals surface area contributed by atoms with Crippen LogP contribution in [0.5, 0.6) is 5.75 Å². The molecule has 1 aliphatic heterocycles. The molecule has 0 amide bonds. The fourth-order valence-corrected chi connectivity index (χ4v) is 3.06. The van der Waals surface area contributed by atoms with Gasteiger partial charge in [-0.25, -0.2) is 0 Å². The number of nitrogens with one attached hydrogen (secondary N) is 1. The van der Waals surface area contributed by atoms with E-state index in [2.05, 4.69) is 38.2 Å². The maximum atomic E-state index is 11.1. The Hall–Kier alpha value is -1.55. The molecule has 0 aliphatic carbocycles. The number of aryl methyl sites for hydroxylation is 1. The van der Waals surface area contributed by atoms with E-state index in [1.165, 1.54) is 16.7 Å². The molecular formula is C17H25NO3. The van der Waals surface area contributed by atoms with Crippen molar-refractivity contribution in [2.24, 2.45) is 5.92 Å². The molecular weight excluding hydrogens is 266 g/mol. The van der Waals surface area contributed by atoms with Crippen LogP contribution in [0.2, 0.25) is 0 Å². The highest BCUT2D eigenvalue weighted by molar-refractivity contribution is 5.70. The number of rotatable bonds is 5. The maximum absolute atomic E-state index is 11.1. The minimum Gasteiger partial charge on any atom is -0.496 e. The SMILES string of the molecule is CCc1cc(C2CC(C(=O)O)CN2)cc(C(C)C)c1OC. The first kappa shape index (κ1) is 15.8. The van der Waals surface area contributed by atoms with Gasteiger partial charge < -0.3 is 15.2 Å². The Balaban J connectivity index is 2.37. The van der Waals surface area contributed by atoms with E-state index in [0.29, 0.717) is 18.9 Å². The second kappa shape index (κ2) is 6.48. The van der Waals surface area contributed by atoms with E-state index in [0.717, 1.165) is 12.2 Å². The summed E-state index contributed by atoms with van der Waals surface area (Å²) in [5.41, 5.74) is 3.58. The smallest absolute Gasteiger partial charge is 0.307 e. The first-order valence-corrected chi connectivity index (χ1v) is 7.64. The van der Waals surface area contributed by atoms with Gasteiger partial charge in [-0.3, -0.25) is 4.79 Å². The summed E-state index contributed by atoms with van der Waals surface area (Å²) in [5, 5.41) is 12.5. The quantitative estimate of drug-likeness (QED) is 0.875. The zero-order chi connectivity index (χ0) is 15.6. The molecule has 21 heavy (non-hydrogen) atoms. The number of carboxylic acid groups (broad SMARTS) is 1. The average Bonchev–Trinajstić information content (AvgIpc) is 2.95. The summed E-state index contributed by atoms with van der Waals surface area (Å²) < 4.78 is 5.59. The largest absolute Gasteiger partial charge is 0.496 e. The molecule has 0 bridgehead atoms. The Morgan fingerprint density at radius 3 is 2.67 bits per heavy atom. The zero-order valence-electron chi connectivity index (χ0n) is 13.3. The first-order chi connectivity index (χ1) is 9.97. The Labute approximate surface area is 126 Å². The van der Waals surface area contributed by atoms with Crippen LogP contribution in [0, 0.1) is 5.92 Å². The summed E-state index contributed by atoms with van der Waals surface area (Å²) in [6, 6.07) is 4.46. The Kier molecular flexibility index (Phi) is 4.88. The molecule has 1 aromatic rings. The van der Waals surface area contributed by atoms with E-state index in [4.69, 9.17) is 9.84 Å². The van der Waals surface area contributed by atoms with E-state index in [1.807, 2.05) is 0 Å². The van der Waals surface area contributed by atoms with Crippen molar-refractivity contribution in [2.45, 2.75) is 45.6 Å². The van der Waals surface area contributed by atoms with Crippen LogP contribution in [-0.2, 0) is 11.2 Å². The predicted molar refractivity (Wildman–Crippen MR) is 82.9 cm³/mol. The molecule has 116 valence electrons. The van der Waals surface area contributed by atoms with E-state index < -0.39 is 5.97 Å². The zero-order valence-corrected chi connectivity index (χ0v) is 13.3. The lowest BCUT2D eigenvalue weighted by Crippen LogP contribution is -2.17. The number of hydrogen-bond acceptors (Lipinski definition) is 3. The average molecular weight is 291 g/mol. The van der Waals surface area contributed by atoms with Gasteiger partial charge in [0, 0.05) is 12.6 Å². The van der Waals surface area contributed by atoms with Crippen LogP contribution < -0.4 is 10.1 Å². The van der Waals surface area contributed by atoms with Gasteiger partial charge in [-0.15, -0.1) is 0 Å². The van der Waals surface area contributed by atoms with Crippen LogP contribution in [0.15, 0.2) is 12.1 Å². The number of hydrogen-bond donors (Lipinski definition) is 2. The van der Waals surface area contributed by atoms with Crippen molar-refractivity contribution in [3.05, 3.63) is 28.8 Å².